The molecule has 0 N–H and O–H groups in total. The van der Waals surface area contributed by atoms with Crippen molar-refractivity contribution in [2.75, 3.05) is 20.3 Å². The Morgan fingerprint density at radius 1 is 1.75 bits per heavy atom. The summed E-state index contributed by atoms with van der Waals surface area (Å²) < 4.78 is 13.9. The molecule has 5 heteroatoms. The predicted octanol–water partition coefficient (Wildman–Crippen LogP) is -0.509. The van der Waals surface area contributed by atoms with Crippen LogP contribution in [-0.2, 0) is 23.8 Å². The van der Waals surface area contributed by atoms with Crippen molar-refractivity contribution < 1.29 is 23.8 Å². The third-order valence-electron chi connectivity index (χ3n) is 1.38. The first-order chi connectivity index (χ1) is 5.72. The first-order valence-corrected chi connectivity index (χ1v) is 3.56. The normalized spacial score (nSPS) is 22.1. The minimum Gasteiger partial charge on any atom is -0.462 e. The first-order valence-electron chi connectivity index (χ1n) is 3.56. The number of ether oxygens (including phenoxy) is 3. The van der Waals surface area contributed by atoms with Gasteiger partial charge >= 0.3 is 11.9 Å². The molecule has 0 aromatic carbocycles. The Morgan fingerprint density at radius 2 is 2.50 bits per heavy atom. The topological polar surface area (TPSA) is 61.8 Å². The van der Waals surface area contributed by atoms with Gasteiger partial charge in [-0.05, 0) is 0 Å². The van der Waals surface area contributed by atoms with Gasteiger partial charge in [0.1, 0.15) is 19.3 Å². The van der Waals surface area contributed by atoms with Crippen LogP contribution >= 0.6 is 0 Å². The lowest BCUT2D eigenvalue weighted by Crippen LogP contribution is -2.21. The second-order valence-electron chi connectivity index (χ2n) is 2.43. The molecule has 1 unspecified atom stereocenters. The Morgan fingerprint density at radius 3 is 3.00 bits per heavy atom. The number of esters is 2. The summed E-state index contributed by atoms with van der Waals surface area (Å²) in [6.45, 7) is 0.0684. The predicted molar refractivity (Wildman–Crippen MR) is 37.3 cm³/mol. The van der Waals surface area contributed by atoms with Crippen LogP contribution in [0.2, 0.25) is 0 Å². The van der Waals surface area contributed by atoms with Crippen LogP contribution < -0.4 is 0 Å². The standard InChI is InChI=1S/C7H10O5/c1-10-4-7(9)12-5-2-6(8)11-3-5/h5H,2-4H2,1H3. The molecule has 1 fully saturated rings. The van der Waals surface area contributed by atoms with Crippen LogP contribution in [0.5, 0.6) is 0 Å². The number of methoxy groups -OCH3 is 1. The van der Waals surface area contributed by atoms with E-state index in [0.717, 1.165) is 0 Å². The Labute approximate surface area is 69.6 Å². The van der Waals surface area contributed by atoms with Crippen molar-refractivity contribution in [3.63, 3.8) is 0 Å². The second-order valence-corrected chi connectivity index (χ2v) is 2.43. The van der Waals surface area contributed by atoms with Crippen LogP contribution in [0.4, 0.5) is 0 Å². The van der Waals surface area contributed by atoms with E-state index < -0.39 is 12.1 Å². The summed E-state index contributed by atoms with van der Waals surface area (Å²) in [5, 5.41) is 0. The van der Waals surface area contributed by atoms with Crippen LogP contribution in [0.15, 0.2) is 0 Å². The van der Waals surface area contributed by atoms with E-state index in [-0.39, 0.29) is 25.6 Å². The van der Waals surface area contributed by atoms with Crippen LogP contribution in [0.1, 0.15) is 6.42 Å². The number of hydrogen-bond acceptors (Lipinski definition) is 5. The Kier molecular flexibility index (Phi) is 3.04. The molecule has 5 nitrogen and oxygen atoms in total. The van der Waals surface area contributed by atoms with Gasteiger partial charge in [-0.2, -0.15) is 0 Å². The van der Waals surface area contributed by atoms with Crippen LogP contribution in [-0.4, -0.2) is 38.4 Å². The fraction of sp³-hybridized carbons (Fsp3) is 0.714. The molecule has 1 aliphatic heterocycles. The monoisotopic (exact) mass is 174 g/mol. The average Bonchev–Trinajstić information content (AvgIpc) is 2.36. The van der Waals surface area contributed by atoms with Gasteiger partial charge in [0.2, 0.25) is 0 Å². The highest BCUT2D eigenvalue weighted by Gasteiger charge is 2.26. The van der Waals surface area contributed by atoms with E-state index in [1.807, 2.05) is 0 Å². The highest BCUT2D eigenvalue weighted by molar-refractivity contribution is 5.74. The van der Waals surface area contributed by atoms with E-state index in [9.17, 15) is 9.59 Å². The lowest BCUT2D eigenvalue weighted by molar-refractivity contribution is -0.153. The van der Waals surface area contributed by atoms with Crippen molar-refractivity contribution in [3.8, 4) is 0 Å². The average molecular weight is 174 g/mol. The summed E-state index contributed by atoms with van der Waals surface area (Å²) >= 11 is 0. The van der Waals surface area contributed by atoms with Crippen molar-refractivity contribution in [1.29, 1.82) is 0 Å². The molecule has 1 rings (SSSR count). The minimum atomic E-state index is -0.471. The fourth-order valence-electron chi connectivity index (χ4n) is 0.903. The number of hydrogen-bond donors (Lipinski definition) is 0. The molecule has 0 radical (unpaired) electrons. The minimum absolute atomic E-state index is 0.0926. The molecule has 1 heterocycles. The zero-order valence-corrected chi connectivity index (χ0v) is 6.74. The van der Waals surface area contributed by atoms with Crippen LogP contribution in [0.3, 0.4) is 0 Å². The molecule has 1 aliphatic rings. The van der Waals surface area contributed by atoms with Gasteiger partial charge < -0.3 is 14.2 Å². The Bertz CT molecular complexity index is 188. The highest BCUT2D eigenvalue weighted by Crippen LogP contribution is 2.09. The summed E-state index contributed by atoms with van der Waals surface area (Å²) in [4.78, 5) is 21.3. The van der Waals surface area contributed by atoms with Gasteiger partial charge in [0.15, 0.2) is 0 Å². The number of rotatable bonds is 3. The van der Waals surface area contributed by atoms with Gasteiger partial charge in [-0.1, -0.05) is 0 Å². The summed E-state index contributed by atoms with van der Waals surface area (Å²) in [5.74, 6) is -0.800. The van der Waals surface area contributed by atoms with E-state index in [1.165, 1.54) is 7.11 Å². The van der Waals surface area contributed by atoms with Crippen molar-refractivity contribution >= 4 is 11.9 Å². The maximum atomic E-state index is 10.8. The highest BCUT2D eigenvalue weighted by atomic mass is 16.6. The van der Waals surface area contributed by atoms with E-state index in [2.05, 4.69) is 9.47 Å². The summed E-state index contributed by atoms with van der Waals surface area (Å²) in [6.07, 6.45) is -0.282. The SMILES string of the molecule is COCC(=O)OC1COC(=O)C1. The summed E-state index contributed by atoms with van der Waals surface area (Å²) in [5.41, 5.74) is 0. The second kappa shape index (κ2) is 4.06. The van der Waals surface area contributed by atoms with Crippen molar-refractivity contribution in [2.24, 2.45) is 0 Å². The van der Waals surface area contributed by atoms with Gasteiger partial charge in [0, 0.05) is 7.11 Å². The zero-order chi connectivity index (χ0) is 8.97. The van der Waals surface area contributed by atoms with Gasteiger partial charge in [0.25, 0.3) is 0 Å². The van der Waals surface area contributed by atoms with Gasteiger partial charge in [0.05, 0.1) is 6.42 Å². The number of carbonyl (C=O) groups excluding carboxylic acids is 2. The molecule has 0 spiro atoms. The van der Waals surface area contributed by atoms with Crippen molar-refractivity contribution in [1.82, 2.24) is 0 Å². The Hall–Kier alpha value is -1.10. The fourth-order valence-corrected chi connectivity index (χ4v) is 0.903. The van der Waals surface area contributed by atoms with Crippen LogP contribution in [0, 0.1) is 0 Å². The molecule has 12 heavy (non-hydrogen) atoms. The molecule has 0 saturated carbocycles. The summed E-state index contributed by atoms with van der Waals surface area (Å²) in [6, 6.07) is 0. The summed E-state index contributed by atoms with van der Waals surface area (Å²) in [7, 11) is 1.40. The largest absolute Gasteiger partial charge is 0.462 e. The zero-order valence-electron chi connectivity index (χ0n) is 6.74. The van der Waals surface area contributed by atoms with Gasteiger partial charge in [-0.15, -0.1) is 0 Å². The lowest BCUT2D eigenvalue weighted by atomic mass is 10.3. The maximum Gasteiger partial charge on any atom is 0.332 e. The molecule has 0 aromatic heterocycles. The Balaban J connectivity index is 2.23. The number of cyclic esters (lactones) is 1. The smallest absolute Gasteiger partial charge is 0.332 e. The molecule has 0 amide bonds. The van der Waals surface area contributed by atoms with E-state index in [0.29, 0.717) is 0 Å². The van der Waals surface area contributed by atoms with Crippen LogP contribution in [0.25, 0.3) is 0 Å². The van der Waals surface area contributed by atoms with E-state index >= 15 is 0 Å². The van der Waals surface area contributed by atoms with E-state index in [1.54, 1.807) is 0 Å². The van der Waals surface area contributed by atoms with Crippen molar-refractivity contribution in [2.45, 2.75) is 12.5 Å². The lowest BCUT2D eigenvalue weighted by Gasteiger charge is -2.07. The maximum absolute atomic E-state index is 10.8. The molecule has 1 saturated heterocycles. The quantitative estimate of drug-likeness (QED) is 0.539. The van der Waals surface area contributed by atoms with Gasteiger partial charge in [-0.3, -0.25) is 4.79 Å². The van der Waals surface area contributed by atoms with E-state index in [4.69, 9.17) is 4.74 Å². The molecule has 0 bridgehead atoms. The van der Waals surface area contributed by atoms with Crippen molar-refractivity contribution in [3.05, 3.63) is 0 Å². The molecule has 1 atom stereocenters. The molecule has 68 valence electrons. The van der Waals surface area contributed by atoms with Gasteiger partial charge in [-0.25, -0.2) is 4.79 Å². The molecule has 0 aliphatic carbocycles. The first kappa shape index (κ1) is 8.99. The number of carbonyl (C=O) groups is 2. The third-order valence-corrected chi connectivity index (χ3v) is 1.38. The molecule has 0 aromatic rings. The third kappa shape index (κ3) is 2.50. The molecular weight excluding hydrogens is 164 g/mol. The molecular formula is C7H10O5.